The Morgan fingerprint density at radius 2 is 2.15 bits per heavy atom. The Balaban J connectivity index is 1.71. The minimum atomic E-state index is -1.24. The van der Waals surface area contributed by atoms with Crippen molar-refractivity contribution in [3.05, 3.63) is 0 Å². The fourth-order valence-corrected chi connectivity index (χ4v) is 4.80. The van der Waals surface area contributed by atoms with Crippen LogP contribution in [0.1, 0.15) is 58.8 Å². The van der Waals surface area contributed by atoms with Crippen molar-refractivity contribution in [2.45, 2.75) is 76.5 Å². The van der Waals surface area contributed by atoms with Crippen LogP contribution >= 0.6 is 0 Å². The minimum absolute atomic E-state index is 0.166. The maximum absolute atomic E-state index is 12.4. The number of hydrogen-bond donors (Lipinski definition) is 2. The summed E-state index contributed by atoms with van der Waals surface area (Å²) in [6.07, 6.45) is 7.53. The van der Waals surface area contributed by atoms with E-state index in [1.807, 2.05) is 6.92 Å². The van der Waals surface area contributed by atoms with Crippen molar-refractivity contribution in [1.82, 2.24) is 5.32 Å². The Kier molecular flexibility index (Phi) is 3.57. The van der Waals surface area contributed by atoms with Gasteiger partial charge in [-0.15, -0.1) is 0 Å². The lowest BCUT2D eigenvalue weighted by molar-refractivity contribution is -0.157. The van der Waals surface area contributed by atoms with Gasteiger partial charge in [0.05, 0.1) is 6.10 Å². The van der Waals surface area contributed by atoms with Gasteiger partial charge in [0.1, 0.15) is 5.60 Å². The molecule has 2 N–H and O–H groups in total. The lowest BCUT2D eigenvalue weighted by Crippen LogP contribution is -2.69. The van der Waals surface area contributed by atoms with Gasteiger partial charge < -0.3 is 15.2 Å². The summed E-state index contributed by atoms with van der Waals surface area (Å²) in [4.78, 5) is 12.4. The first-order valence-electron chi connectivity index (χ1n) is 8.16. The Labute approximate surface area is 121 Å². The molecular formula is C16H27NO3. The minimum Gasteiger partial charge on any atom is -0.380 e. The summed E-state index contributed by atoms with van der Waals surface area (Å²) < 4.78 is 5.92. The predicted molar refractivity (Wildman–Crippen MR) is 76.2 cm³/mol. The largest absolute Gasteiger partial charge is 0.380 e. The smallest absolute Gasteiger partial charge is 0.251 e. The van der Waals surface area contributed by atoms with Crippen molar-refractivity contribution in [1.29, 1.82) is 0 Å². The van der Waals surface area contributed by atoms with Gasteiger partial charge in [-0.2, -0.15) is 0 Å². The topological polar surface area (TPSA) is 58.6 Å². The second kappa shape index (κ2) is 4.99. The number of nitrogens with one attached hydrogen (secondary N) is 1. The number of fused-ring (bicyclic) bond motifs is 2. The number of rotatable bonds is 4. The van der Waals surface area contributed by atoms with E-state index in [-0.39, 0.29) is 17.4 Å². The average molecular weight is 281 g/mol. The van der Waals surface area contributed by atoms with E-state index < -0.39 is 5.60 Å². The number of aliphatic hydroxyl groups is 1. The van der Waals surface area contributed by atoms with Gasteiger partial charge in [-0.25, -0.2) is 0 Å². The first-order valence-corrected chi connectivity index (χ1v) is 8.16. The fourth-order valence-electron chi connectivity index (χ4n) is 4.80. The number of ether oxygens (including phenoxy) is 1. The molecule has 0 aromatic heterocycles. The molecule has 20 heavy (non-hydrogen) atoms. The van der Waals surface area contributed by atoms with E-state index in [0.29, 0.717) is 18.4 Å². The normalized spacial score (nSPS) is 37.2. The Hall–Kier alpha value is -0.610. The monoisotopic (exact) mass is 281 g/mol. The average Bonchev–Trinajstić information content (AvgIpc) is 3.03. The van der Waals surface area contributed by atoms with Crippen molar-refractivity contribution in [3.63, 3.8) is 0 Å². The molecule has 3 rings (SSSR count). The van der Waals surface area contributed by atoms with Crippen LogP contribution in [0.5, 0.6) is 0 Å². The second-order valence-electron chi connectivity index (χ2n) is 7.16. The van der Waals surface area contributed by atoms with Crippen LogP contribution in [-0.4, -0.2) is 35.4 Å². The number of amides is 1. The third-order valence-electron chi connectivity index (χ3n) is 5.80. The van der Waals surface area contributed by atoms with E-state index in [4.69, 9.17) is 4.74 Å². The van der Waals surface area contributed by atoms with Gasteiger partial charge in [0.25, 0.3) is 5.91 Å². The molecule has 4 unspecified atom stereocenters. The molecule has 1 aliphatic heterocycles. The third kappa shape index (κ3) is 2.00. The number of hydrogen-bond acceptors (Lipinski definition) is 3. The standard InChI is InChI=1S/C16H27NO3/c1-3-7-15(2,19)14(18)17-12-11-6-10-20-13(11)16(12)8-4-5-9-16/h11-13,19H,3-10H2,1-2H3,(H,17,18). The highest BCUT2D eigenvalue weighted by Gasteiger charge is 2.65. The summed E-state index contributed by atoms with van der Waals surface area (Å²) in [5.41, 5.74) is -1.07. The highest BCUT2D eigenvalue weighted by Crippen LogP contribution is 2.60. The van der Waals surface area contributed by atoms with Crippen LogP contribution in [0.15, 0.2) is 0 Å². The zero-order valence-electron chi connectivity index (χ0n) is 12.7. The lowest BCUT2D eigenvalue weighted by atomic mass is 9.54. The molecule has 0 aromatic carbocycles. The zero-order chi connectivity index (χ0) is 14.4. The number of carbonyl (C=O) groups is 1. The van der Waals surface area contributed by atoms with Gasteiger partial charge in [-0.05, 0) is 32.6 Å². The summed E-state index contributed by atoms with van der Waals surface area (Å²) in [7, 11) is 0. The van der Waals surface area contributed by atoms with Gasteiger partial charge in [0.15, 0.2) is 0 Å². The first kappa shape index (κ1) is 14.3. The molecule has 2 aliphatic carbocycles. The summed E-state index contributed by atoms with van der Waals surface area (Å²) in [5.74, 6) is 0.274. The van der Waals surface area contributed by atoms with E-state index in [1.54, 1.807) is 6.92 Å². The molecule has 3 fully saturated rings. The van der Waals surface area contributed by atoms with Crippen molar-refractivity contribution < 1.29 is 14.6 Å². The van der Waals surface area contributed by atoms with Gasteiger partial charge in [-0.3, -0.25) is 4.79 Å². The second-order valence-corrected chi connectivity index (χ2v) is 7.16. The quantitative estimate of drug-likeness (QED) is 0.828. The molecule has 114 valence electrons. The lowest BCUT2D eigenvalue weighted by Gasteiger charge is -2.57. The third-order valence-corrected chi connectivity index (χ3v) is 5.80. The molecule has 1 saturated heterocycles. The van der Waals surface area contributed by atoms with Gasteiger partial charge in [0, 0.05) is 24.0 Å². The summed E-state index contributed by atoms with van der Waals surface area (Å²) in [6.45, 7) is 4.45. The molecule has 4 nitrogen and oxygen atoms in total. The molecule has 0 radical (unpaired) electrons. The van der Waals surface area contributed by atoms with E-state index >= 15 is 0 Å². The Bertz CT molecular complexity index is 387. The maximum atomic E-state index is 12.4. The molecule has 3 aliphatic rings. The van der Waals surface area contributed by atoms with Crippen LogP contribution in [0.3, 0.4) is 0 Å². The molecule has 0 aromatic rings. The van der Waals surface area contributed by atoms with Crippen LogP contribution in [-0.2, 0) is 9.53 Å². The van der Waals surface area contributed by atoms with Gasteiger partial charge in [-0.1, -0.05) is 26.2 Å². The van der Waals surface area contributed by atoms with E-state index in [0.717, 1.165) is 32.3 Å². The Morgan fingerprint density at radius 1 is 1.45 bits per heavy atom. The fraction of sp³-hybridized carbons (Fsp3) is 0.938. The molecule has 1 spiro atoms. The first-order chi connectivity index (χ1) is 9.51. The van der Waals surface area contributed by atoms with Crippen LogP contribution in [0.4, 0.5) is 0 Å². The van der Waals surface area contributed by atoms with Crippen molar-refractivity contribution in [2.75, 3.05) is 6.61 Å². The van der Waals surface area contributed by atoms with Gasteiger partial charge >= 0.3 is 0 Å². The van der Waals surface area contributed by atoms with Crippen LogP contribution in [0.25, 0.3) is 0 Å². The summed E-state index contributed by atoms with van der Waals surface area (Å²) >= 11 is 0. The molecule has 4 heteroatoms. The SMILES string of the molecule is CCCC(C)(O)C(=O)NC1C2CCOC2C12CCCC2. The molecule has 4 atom stereocenters. The summed E-state index contributed by atoms with van der Waals surface area (Å²) in [5, 5.41) is 13.5. The number of carbonyl (C=O) groups excluding carboxylic acids is 1. The molecule has 0 bridgehead atoms. The van der Waals surface area contributed by atoms with Crippen molar-refractivity contribution >= 4 is 5.91 Å². The maximum Gasteiger partial charge on any atom is 0.251 e. The van der Waals surface area contributed by atoms with E-state index in [9.17, 15) is 9.90 Å². The van der Waals surface area contributed by atoms with Gasteiger partial charge in [0.2, 0.25) is 0 Å². The van der Waals surface area contributed by atoms with Crippen molar-refractivity contribution in [3.8, 4) is 0 Å². The van der Waals surface area contributed by atoms with Crippen LogP contribution < -0.4 is 5.32 Å². The van der Waals surface area contributed by atoms with E-state index in [2.05, 4.69) is 5.32 Å². The molecular weight excluding hydrogens is 254 g/mol. The highest BCUT2D eigenvalue weighted by molar-refractivity contribution is 5.85. The summed E-state index contributed by atoms with van der Waals surface area (Å²) in [6, 6.07) is 0.216. The Morgan fingerprint density at radius 3 is 2.80 bits per heavy atom. The predicted octanol–water partition coefficient (Wildman–Crippen LogP) is 2.00. The van der Waals surface area contributed by atoms with E-state index in [1.165, 1.54) is 12.8 Å². The molecule has 2 saturated carbocycles. The molecule has 1 amide bonds. The van der Waals surface area contributed by atoms with Crippen LogP contribution in [0, 0.1) is 11.3 Å². The van der Waals surface area contributed by atoms with Crippen LogP contribution in [0.2, 0.25) is 0 Å². The molecule has 1 heterocycles. The highest BCUT2D eigenvalue weighted by atomic mass is 16.5. The zero-order valence-corrected chi connectivity index (χ0v) is 12.7. The van der Waals surface area contributed by atoms with Crippen molar-refractivity contribution in [2.24, 2.45) is 11.3 Å².